The molecule has 0 saturated heterocycles. The maximum absolute atomic E-state index is 13.0. The molecule has 0 aliphatic rings. The number of pyridine rings is 2. The van der Waals surface area contributed by atoms with Crippen molar-refractivity contribution in [2.75, 3.05) is 25.2 Å². The number of carbonyl (C=O) groups excluding carboxylic acids is 1. The molecule has 0 atom stereocenters. The number of aromatic nitrogens is 6. The Bertz CT molecular complexity index is 1420. The number of fused-ring (bicyclic) bond motifs is 1. The first kappa shape index (κ1) is 23.1. The summed E-state index contributed by atoms with van der Waals surface area (Å²) in [6.45, 7) is 4.85. The summed E-state index contributed by atoms with van der Waals surface area (Å²) in [6.07, 6.45) is 4.67. The van der Waals surface area contributed by atoms with E-state index in [0.29, 0.717) is 48.1 Å². The fraction of sp³-hybridized carbons (Fsp3) is 0.304. The molecule has 0 unspecified atom stereocenters. The number of aromatic amines is 1. The van der Waals surface area contributed by atoms with E-state index in [-0.39, 0.29) is 18.0 Å². The summed E-state index contributed by atoms with van der Waals surface area (Å²) in [5.74, 6) is 0.592. The summed E-state index contributed by atoms with van der Waals surface area (Å²) in [4.78, 5) is 55.9. The highest BCUT2D eigenvalue weighted by molar-refractivity contribution is 6.05. The van der Waals surface area contributed by atoms with E-state index in [1.165, 1.54) is 20.2 Å². The molecule has 0 spiro atoms. The van der Waals surface area contributed by atoms with Crippen LogP contribution in [0.3, 0.4) is 0 Å². The highest BCUT2D eigenvalue weighted by Crippen LogP contribution is 2.21. The second kappa shape index (κ2) is 9.79. The molecule has 176 valence electrons. The molecule has 0 fully saturated rings. The number of ether oxygens (including phenoxy) is 1. The Morgan fingerprint density at radius 1 is 1.12 bits per heavy atom. The quantitative estimate of drug-likeness (QED) is 0.421. The Labute approximate surface area is 194 Å². The Kier molecular flexibility index (Phi) is 6.64. The van der Waals surface area contributed by atoms with E-state index < -0.39 is 11.2 Å². The van der Waals surface area contributed by atoms with Crippen molar-refractivity contribution in [2.45, 2.75) is 26.9 Å². The number of H-pyrrole nitrogens is 1. The SMILES string of the molecule is CCn1c(=O)c2[nH]c(-c3ccc(N(CCOC)C(=O)c4cccnc4)nc3)nc2n(CC)c1=O. The molecule has 11 heteroatoms. The number of imidazole rings is 1. The molecule has 4 rings (SSSR count). The van der Waals surface area contributed by atoms with Crippen LogP contribution in [0.2, 0.25) is 0 Å². The van der Waals surface area contributed by atoms with E-state index in [0.717, 1.165) is 0 Å². The van der Waals surface area contributed by atoms with Crippen molar-refractivity contribution >= 4 is 22.9 Å². The lowest BCUT2D eigenvalue weighted by Gasteiger charge is -2.21. The number of carbonyl (C=O) groups is 1. The van der Waals surface area contributed by atoms with Crippen molar-refractivity contribution in [2.24, 2.45) is 0 Å². The van der Waals surface area contributed by atoms with E-state index in [2.05, 4.69) is 19.9 Å². The van der Waals surface area contributed by atoms with Gasteiger partial charge in [-0.1, -0.05) is 0 Å². The van der Waals surface area contributed by atoms with Gasteiger partial charge in [-0.3, -0.25) is 28.6 Å². The van der Waals surface area contributed by atoms with Crippen LogP contribution in [0.1, 0.15) is 24.2 Å². The van der Waals surface area contributed by atoms with E-state index in [1.54, 1.807) is 50.7 Å². The molecule has 0 aliphatic carbocycles. The molecule has 4 aromatic heterocycles. The third-order valence-electron chi connectivity index (χ3n) is 5.46. The van der Waals surface area contributed by atoms with Gasteiger partial charge in [0.1, 0.15) is 17.2 Å². The van der Waals surface area contributed by atoms with Crippen LogP contribution in [-0.4, -0.2) is 55.2 Å². The average Bonchev–Trinajstić information content (AvgIpc) is 3.31. The number of hydrogen-bond donors (Lipinski definition) is 1. The normalized spacial score (nSPS) is 11.1. The van der Waals surface area contributed by atoms with Crippen LogP contribution in [0.25, 0.3) is 22.6 Å². The van der Waals surface area contributed by atoms with Crippen molar-refractivity contribution in [3.63, 3.8) is 0 Å². The minimum atomic E-state index is -0.414. The van der Waals surface area contributed by atoms with Gasteiger partial charge in [0.25, 0.3) is 11.5 Å². The molecule has 1 N–H and O–H groups in total. The van der Waals surface area contributed by atoms with Crippen molar-refractivity contribution in [1.82, 2.24) is 29.1 Å². The van der Waals surface area contributed by atoms with Gasteiger partial charge in [0.15, 0.2) is 5.65 Å². The minimum absolute atomic E-state index is 0.249. The van der Waals surface area contributed by atoms with Gasteiger partial charge in [-0.05, 0) is 38.1 Å². The zero-order valence-corrected chi connectivity index (χ0v) is 19.2. The smallest absolute Gasteiger partial charge is 0.332 e. The predicted molar refractivity (Wildman–Crippen MR) is 127 cm³/mol. The maximum Gasteiger partial charge on any atom is 0.332 e. The molecule has 4 aromatic rings. The molecule has 0 aromatic carbocycles. The second-order valence-corrected chi connectivity index (χ2v) is 7.46. The molecular weight excluding hydrogens is 438 g/mol. The van der Waals surface area contributed by atoms with Crippen molar-refractivity contribution < 1.29 is 9.53 Å². The minimum Gasteiger partial charge on any atom is -0.383 e. The molecule has 0 aliphatic heterocycles. The van der Waals surface area contributed by atoms with Crippen LogP contribution >= 0.6 is 0 Å². The fourth-order valence-corrected chi connectivity index (χ4v) is 3.70. The van der Waals surface area contributed by atoms with Gasteiger partial charge in [0.2, 0.25) is 0 Å². The lowest BCUT2D eigenvalue weighted by molar-refractivity contribution is 0.0974. The molecular formula is C23H25N7O4. The summed E-state index contributed by atoms with van der Waals surface area (Å²) >= 11 is 0. The molecule has 0 bridgehead atoms. The highest BCUT2D eigenvalue weighted by atomic mass is 16.5. The van der Waals surface area contributed by atoms with Crippen LogP contribution < -0.4 is 16.1 Å². The number of aryl methyl sites for hydroxylation is 1. The van der Waals surface area contributed by atoms with Crippen molar-refractivity contribution in [1.29, 1.82) is 0 Å². The first-order valence-electron chi connectivity index (χ1n) is 10.9. The largest absolute Gasteiger partial charge is 0.383 e. The molecule has 4 heterocycles. The summed E-state index contributed by atoms with van der Waals surface area (Å²) in [5, 5.41) is 0. The van der Waals surface area contributed by atoms with E-state index >= 15 is 0 Å². The Morgan fingerprint density at radius 2 is 1.91 bits per heavy atom. The van der Waals surface area contributed by atoms with Crippen LogP contribution in [-0.2, 0) is 17.8 Å². The number of methoxy groups -OCH3 is 1. The van der Waals surface area contributed by atoms with Gasteiger partial charge in [0, 0.05) is 44.4 Å². The number of nitrogens with zero attached hydrogens (tertiary/aromatic N) is 6. The molecule has 0 saturated carbocycles. The zero-order valence-electron chi connectivity index (χ0n) is 19.2. The summed E-state index contributed by atoms with van der Waals surface area (Å²) in [5.41, 5.74) is 0.801. The van der Waals surface area contributed by atoms with E-state index in [1.807, 2.05) is 6.92 Å². The summed E-state index contributed by atoms with van der Waals surface area (Å²) in [6, 6.07) is 6.84. The second-order valence-electron chi connectivity index (χ2n) is 7.46. The van der Waals surface area contributed by atoms with E-state index in [4.69, 9.17) is 4.74 Å². The lowest BCUT2D eigenvalue weighted by atomic mass is 10.2. The number of amides is 1. The number of hydrogen-bond acceptors (Lipinski definition) is 7. The Balaban J connectivity index is 1.72. The standard InChI is InChI=1S/C23H25N7O4/c1-4-28-20-18(22(32)29(5-2)23(28)33)26-19(27-20)15-8-9-17(25-14-15)30(11-12-34-3)21(31)16-7-6-10-24-13-16/h6-10,13-14H,4-5,11-12H2,1-3H3,(H,26,27). The number of rotatable bonds is 8. The topological polar surface area (TPSA) is 128 Å². The van der Waals surface area contributed by atoms with Crippen LogP contribution in [0.15, 0.2) is 52.4 Å². The predicted octanol–water partition coefficient (Wildman–Crippen LogP) is 1.68. The summed E-state index contributed by atoms with van der Waals surface area (Å²) < 4.78 is 7.79. The zero-order chi connectivity index (χ0) is 24.2. The Morgan fingerprint density at radius 3 is 2.53 bits per heavy atom. The number of nitrogens with one attached hydrogen (secondary N) is 1. The highest BCUT2D eigenvalue weighted by Gasteiger charge is 2.20. The Hall–Kier alpha value is -4.12. The first-order valence-corrected chi connectivity index (χ1v) is 10.9. The van der Waals surface area contributed by atoms with Gasteiger partial charge in [-0.2, -0.15) is 0 Å². The molecule has 0 radical (unpaired) electrons. The van der Waals surface area contributed by atoms with Crippen LogP contribution in [0, 0.1) is 0 Å². The first-order chi connectivity index (χ1) is 16.5. The van der Waals surface area contributed by atoms with E-state index in [9.17, 15) is 14.4 Å². The molecule has 1 amide bonds. The molecule has 34 heavy (non-hydrogen) atoms. The summed E-state index contributed by atoms with van der Waals surface area (Å²) in [7, 11) is 1.56. The fourth-order valence-electron chi connectivity index (χ4n) is 3.70. The van der Waals surface area contributed by atoms with Crippen molar-refractivity contribution in [3.8, 4) is 11.4 Å². The number of anilines is 1. The van der Waals surface area contributed by atoms with Gasteiger partial charge < -0.3 is 9.72 Å². The third kappa shape index (κ3) is 4.13. The van der Waals surface area contributed by atoms with Crippen LogP contribution in [0.5, 0.6) is 0 Å². The third-order valence-corrected chi connectivity index (χ3v) is 5.46. The van der Waals surface area contributed by atoms with Gasteiger partial charge >= 0.3 is 5.69 Å². The van der Waals surface area contributed by atoms with Gasteiger partial charge in [-0.15, -0.1) is 0 Å². The van der Waals surface area contributed by atoms with Crippen LogP contribution in [0.4, 0.5) is 5.82 Å². The lowest BCUT2D eigenvalue weighted by Crippen LogP contribution is -2.39. The molecule has 11 nitrogen and oxygen atoms in total. The van der Waals surface area contributed by atoms with Gasteiger partial charge in [0.05, 0.1) is 18.7 Å². The average molecular weight is 463 g/mol. The monoisotopic (exact) mass is 463 g/mol. The maximum atomic E-state index is 13.0. The van der Waals surface area contributed by atoms with Gasteiger partial charge in [-0.25, -0.2) is 14.8 Å². The van der Waals surface area contributed by atoms with Crippen molar-refractivity contribution in [3.05, 3.63) is 69.3 Å².